The quantitative estimate of drug-likeness (QED) is 0.845. The van der Waals surface area contributed by atoms with E-state index in [-0.39, 0.29) is 6.04 Å². The van der Waals surface area contributed by atoms with Crippen molar-refractivity contribution < 1.29 is 8.42 Å². The normalized spacial score (nSPS) is 25.0. The van der Waals surface area contributed by atoms with Gasteiger partial charge in [-0.25, -0.2) is 0 Å². The van der Waals surface area contributed by atoms with Crippen LogP contribution in [0.15, 0.2) is 0 Å². The maximum absolute atomic E-state index is 12.6. The second kappa shape index (κ2) is 6.52. The minimum absolute atomic E-state index is 0.209. The highest BCUT2D eigenvalue weighted by Crippen LogP contribution is 2.25. The molecule has 0 unspecified atom stereocenters. The van der Waals surface area contributed by atoms with Crippen molar-refractivity contribution in [1.82, 2.24) is 13.9 Å². The number of rotatable bonds is 4. The topological polar surface area (TPSA) is 52.7 Å². The van der Waals surface area contributed by atoms with Gasteiger partial charge < -0.3 is 5.32 Å². The summed E-state index contributed by atoms with van der Waals surface area (Å²) in [6.07, 6.45) is 7.42. The van der Waals surface area contributed by atoms with E-state index in [1.165, 1.54) is 6.42 Å². The van der Waals surface area contributed by atoms with Crippen LogP contribution in [-0.2, 0) is 10.2 Å². The smallest absolute Gasteiger partial charge is 0.281 e. The van der Waals surface area contributed by atoms with Crippen molar-refractivity contribution in [3.63, 3.8) is 0 Å². The van der Waals surface area contributed by atoms with E-state index < -0.39 is 10.2 Å². The first-order valence-electron chi connectivity index (χ1n) is 7.46. The Morgan fingerprint density at radius 3 is 2.16 bits per heavy atom. The molecule has 0 bridgehead atoms. The third-order valence-electron chi connectivity index (χ3n) is 4.64. The van der Waals surface area contributed by atoms with Crippen molar-refractivity contribution in [3.05, 3.63) is 0 Å². The molecule has 1 aliphatic heterocycles. The molecule has 0 amide bonds. The van der Waals surface area contributed by atoms with Gasteiger partial charge in [0.05, 0.1) is 0 Å². The first-order chi connectivity index (χ1) is 9.05. The van der Waals surface area contributed by atoms with Crippen LogP contribution >= 0.6 is 0 Å². The van der Waals surface area contributed by atoms with Crippen molar-refractivity contribution in [2.75, 3.05) is 27.2 Å². The fourth-order valence-corrected chi connectivity index (χ4v) is 4.81. The fraction of sp³-hybridized carbons (Fsp3) is 1.00. The number of nitrogens with one attached hydrogen (secondary N) is 1. The summed E-state index contributed by atoms with van der Waals surface area (Å²) in [6, 6.07) is 0.673. The lowest BCUT2D eigenvalue weighted by molar-refractivity contribution is 0.241. The van der Waals surface area contributed by atoms with Crippen LogP contribution in [0, 0.1) is 0 Å². The molecule has 1 aliphatic carbocycles. The molecule has 1 saturated carbocycles. The Bertz CT molecular complexity index is 371. The van der Waals surface area contributed by atoms with Gasteiger partial charge >= 0.3 is 0 Å². The maximum Gasteiger partial charge on any atom is 0.281 e. The SMILES string of the molecule is CNC1CCN(S(=O)(=O)N(C)C2CCCCC2)CC1. The summed E-state index contributed by atoms with van der Waals surface area (Å²) >= 11 is 0. The zero-order valence-corrected chi connectivity index (χ0v) is 13.0. The van der Waals surface area contributed by atoms with Crippen LogP contribution in [0.4, 0.5) is 0 Å². The molecule has 1 heterocycles. The predicted octanol–water partition coefficient (Wildman–Crippen LogP) is 1.18. The average Bonchev–Trinajstić information content (AvgIpc) is 2.47. The minimum atomic E-state index is -3.25. The molecule has 19 heavy (non-hydrogen) atoms. The zero-order valence-electron chi connectivity index (χ0n) is 12.1. The highest BCUT2D eigenvalue weighted by Gasteiger charge is 2.34. The molecule has 5 nitrogen and oxygen atoms in total. The Kier molecular flexibility index (Phi) is 5.22. The van der Waals surface area contributed by atoms with Crippen LogP contribution in [0.25, 0.3) is 0 Å². The monoisotopic (exact) mass is 289 g/mol. The molecular formula is C13H27N3O2S. The Balaban J connectivity index is 1.97. The largest absolute Gasteiger partial charge is 0.317 e. The molecule has 0 radical (unpaired) electrons. The molecule has 0 aromatic heterocycles. The molecule has 6 heteroatoms. The van der Waals surface area contributed by atoms with Crippen LogP contribution < -0.4 is 5.32 Å². The van der Waals surface area contributed by atoms with E-state index in [0.717, 1.165) is 38.5 Å². The molecule has 1 saturated heterocycles. The van der Waals surface area contributed by atoms with Gasteiger partial charge in [-0.2, -0.15) is 17.0 Å². The second-order valence-electron chi connectivity index (χ2n) is 5.78. The Labute approximate surface area is 117 Å². The third-order valence-corrected chi connectivity index (χ3v) is 6.69. The maximum atomic E-state index is 12.6. The van der Waals surface area contributed by atoms with Gasteiger partial charge in [-0.05, 0) is 32.7 Å². The van der Waals surface area contributed by atoms with E-state index in [1.54, 1.807) is 15.7 Å². The lowest BCUT2D eigenvalue weighted by Crippen LogP contribution is -2.51. The van der Waals surface area contributed by atoms with Crippen molar-refractivity contribution in [2.45, 2.75) is 57.0 Å². The number of hydrogen-bond acceptors (Lipinski definition) is 3. The standard InChI is InChI=1S/C13H27N3O2S/c1-14-12-8-10-16(11-9-12)19(17,18)15(2)13-6-4-3-5-7-13/h12-14H,3-11H2,1-2H3. The molecule has 2 aliphatic rings. The second-order valence-corrected chi connectivity index (χ2v) is 7.77. The van der Waals surface area contributed by atoms with E-state index in [2.05, 4.69) is 5.32 Å². The Morgan fingerprint density at radius 1 is 1.05 bits per heavy atom. The fourth-order valence-electron chi connectivity index (χ4n) is 3.19. The van der Waals surface area contributed by atoms with Crippen LogP contribution in [0.5, 0.6) is 0 Å². The van der Waals surface area contributed by atoms with Crippen molar-refractivity contribution in [1.29, 1.82) is 0 Å². The minimum Gasteiger partial charge on any atom is -0.317 e. The van der Waals surface area contributed by atoms with Gasteiger partial charge in [0, 0.05) is 32.2 Å². The molecule has 0 spiro atoms. The van der Waals surface area contributed by atoms with Gasteiger partial charge in [0.1, 0.15) is 0 Å². The van der Waals surface area contributed by atoms with Crippen LogP contribution in [0.1, 0.15) is 44.9 Å². The van der Waals surface area contributed by atoms with E-state index in [1.807, 2.05) is 7.05 Å². The summed E-state index contributed by atoms with van der Waals surface area (Å²) in [5.74, 6) is 0. The number of hydrogen-bond donors (Lipinski definition) is 1. The highest BCUT2D eigenvalue weighted by molar-refractivity contribution is 7.86. The molecule has 1 N–H and O–H groups in total. The van der Waals surface area contributed by atoms with Crippen LogP contribution in [0.3, 0.4) is 0 Å². The lowest BCUT2D eigenvalue weighted by atomic mass is 9.96. The lowest BCUT2D eigenvalue weighted by Gasteiger charge is -2.37. The molecule has 2 rings (SSSR count). The number of nitrogens with zero attached hydrogens (tertiary/aromatic N) is 2. The van der Waals surface area contributed by atoms with Gasteiger partial charge in [-0.3, -0.25) is 0 Å². The van der Waals surface area contributed by atoms with Crippen molar-refractivity contribution in [3.8, 4) is 0 Å². The summed E-state index contributed by atoms with van der Waals surface area (Å²) in [5.41, 5.74) is 0. The van der Waals surface area contributed by atoms with Gasteiger partial charge in [-0.1, -0.05) is 19.3 Å². The summed E-state index contributed by atoms with van der Waals surface area (Å²) < 4.78 is 28.5. The molecule has 0 aromatic carbocycles. The molecule has 112 valence electrons. The van der Waals surface area contributed by atoms with Gasteiger partial charge in [-0.15, -0.1) is 0 Å². The molecule has 0 atom stereocenters. The van der Waals surface area contributed by atoms with Gasteiger partial charge in [0.15, 0.2) is 0 Å². The average molecular weight is 289 g/mol. The van der Waals surface area contributed by atoms with E-state index in [4.69, 9.17) is 0 Å². The third kappa shape index (κ3) is 3.48. The van der Waals surface area contributed by atoms with Crippen LogP contribution in [0.2, 0.25) is 0 Å². The Hall–Kier alpha value is -0.170. The van der Waals surface area contributed by atoms with Crippen molar-refractivity contribution in [2.24, 2.45) is 0 Å². The predicted molar refractivity (Wildman–Crippen MR) is 77.2 cm³/mol. The van der Waals surface area contributed by atoms with Gasteiger partial charge in [0.2, 0.25) is 0 Å². The summed E-state index contributed by atoms with van der Waals surface area (Å²) in [6.45, 7) is 1.29. The first kappa shape index (κ1) is 15.2. The molecular weight excluding hydrogens is 262 g/mol. The van der Waals surface area contributed by atoms with E-state index in [0.29, 0.717) is 19.1 Å². The van der Waals surface area contributed by atoms with E-state index in [9.17, 15) is 8.42 Å². The first-order valence-corrected chi connectivity index (χ1v) is 8.85. The zero-order chi connectivity index (χ0) is 13.9. The Morgan fingerprint density at radius 2 is 1.63 bits per heavy atom. The van der Waals surface area contributed by atoms with Crippen molar-refractivity contribution >= 4 is 10.2 Å². The molecule has 0 aromatic rings. The van der Waals surface area contributed by atoms with Gasteiger partial charge in [0.25, 0.3) is 10.2 Å². The summed E-state index contributed by atoms with van der Waals surface area (Å²) in [7, 11) is 0.452. The number of piperidine rings is 1. The summed E-state index contributed by atoms with van der Waals surface area (Å²) in [5, 5.41) is 3.23. The molecule has 2 fully saturated rings. The highest BCUT2D eigenvalue weighted by atomic mass is 32.2. The van der Waals surface area contributed by atoms with E-state index >= 15 is 0 Å². The summed E-state index contributed by atoms with van der Waals surface area (Å²) in [4.78, 5) is 0. The van der Waals surface area contributed by atoms with Crippen LogP contribution in [-0.4, -0.2) is 56.3 Å².